The Bertz CT molecular complexity index is 432. The van der Waals surface area contributed by atoms with Crippen LogP contribution in [0.25, 0.3) is 0 Å². The molecule has 21 heavy (non-hydrogen) atoms. The lowest BCUT2D eigenvalue weighted by molar-refractivity contribution is -0.253. The van der Waals surface area contributed by atoms with E-state index in [1.54, 1.807) is 0 Å². The molecule has 0 aromatic carbocycles. The maximum absolute atomic E-state index is 12.8. The molecule has 1 amide bonds. The number of amides is 1. The van der Waals surface area contributed by atoms with Crippen LogP contribution in [0, 0.1) is 17.8 Å². The summed E-state index contributed by atoms with van der Waals surface area (Å²) in [5, 5.41) is 9.64. The van der Waals surface area contributed by atoms with Gasteiger partial charge < -0.3 is 15.7 Å². The van der Waals surface area contributed by atoms with Crippen LogP contribution in [0.1, 0.15) is 25.7 Å². The molecule has 2 aliphatic carbocycles. The lowest BCUT2D eigenvalue weighted by Crippen LogP contribution is -2.51. The van der Waals surface area contributed by atoms with Crippen LogP contribution in [0.5, 0.6) is 0 Å². The predicted octanol–water partition coefficient (Wildman–Crippen LogP) is 1.31. The fourth-order valence-corrected chi connectivity index (χ4v) is 4.13. The number of likely N-dealkylation sites (tertiary alicyclic amines) is 1. The van der Waals surface area contributed by atoms with Gasteiger partial charge in [0.15, 0.2) is 5.60 Å². The van der Waals surface area contributed by atoms with Crippen LogP contribution in [0.15, 0.2) is 0 Å². The van der Waals surface area contributed by atoms with E-state index in [4.69, 9.17) is 5.73 Å². The molecular formula is C13H20ClF3N2O2. The summed E-state index contributed by atoms with van der Waals surface area (Å²) in [6, 6.07) is -0.235. The zero-order valence-corrected chi connectivity index (χ0v) is 12.3. The first-order valence-corrected chi connectivity index (χ1v) is 7.06. The monoisotopic (exact) mass is 328 g/mol. The number of carbonyl (C=O) groups is 1. The zero-order valence-electron chi connectivity index (χ0n) is 11.5. The average molecular weight is 329 g/mol. The Kier molecular flexibility index (Phi) is 4.23. The fraction of sp³-hybridized carbons (Fsp3) is 0.923. The van der Waals surface area contributed by atoms with E-state index < -0.39 is 24.7 Å². The topological polar surface area (TPSA) is 66.6 Å². The van der Waals surface area contributed by atoms with Gasteiger partial charge >= 0.3 is 6.18 Å². The molecular weight excluding hydrogens is 309 g/mol. The SMILES string of the molecule is Cl.NC1C2CCC(C2)C1C(=O)N1CCC(O)(C(F)(F)F)C1. The molecule has 1 saturated heterocycles. The Labute approximate surface area is 127 Å². The van der Waals surface area contributed by atoms with E-state index in [-0.39, 0.29) is 42.7 Å². The number of nitrogens with zero attached hydrogens (tertiary/aromatic N) is 1. The van der Waals surface area contributed by atoms with Gasteiger partial charge in [0.05, 0.1) is 12.5 Å². The minimum atomic E-state index is -4.70. The molecule has 5 unspecified atom stereocenters. The van der Waals surface area contributed by atoms with E-state index in [1.165, 1.54) is 0 Å². The van der Waals surface area contributed by atoms with E-state index in [1.807, 2.05) is 0 Å². The summed E-state index contributed by atoms with van der Waals surface area (Å²) in [5.41, 5.74) is 3.29. The van der Waals surface area contributed by atoms with Crippen LogP contribution in [0.4, 0.5) is 13.2 Å². The Hall–Kier alpha value is -0.530. The first kappa shape index (κ1) is 16.8. The second-order valence-corrected chi connectivity index (χ2v) is 6.48. The largest absolute Gasteiger partial charge is 0.419 e. The molecule has 5 atom stereocenters. The number of fused-ring (bicyclic) bond motifs is 2. The summed E-state index contributed by atoms with van der Waals surface area (Å²) in [4.78, 5) is 13.6. The maximum atomic E-state index is 12.8. The van der Waals surface area contributed by atoms with E-state index in [0.29, 0.717) is 5.92 Å². The third-order valence-electron chi connectivity index (χ3n) is 5.35. The number of halogens is 4. The van der Waals surface area contributed by atoms with Crippen molar-refractivity contribution in [3.8, 4) is 0 Å². The molecule has 2 saturated carbocycles. The minimum Gasteiger partial charge on any atom is -0.379 e. The summed E-state index contributed by atoms with van der Waals surface area (Å²) >= 11 is 0. The summed E-state index contributed by atoms with van der Waals surface area (Å²) in [7, 11) is 0. The fourth-order valence-electron chi connectivity index (χ4n) is 4.13. The quantitative estimate of drug-likeness (QED) is 0.762. The second kappa shape index (κ2) is 5.28. The number of aliphatic hydroxyl groups is 1. The van der Waals surface area contributed by atoms with Gasteiger partial charge in [-0.3, -0.25) is 4.79 Å². The van der Waals surface area contributed by atoms with Crippen molar-refractivity contribution < 1.29 is 23.1 Å². The Morgan fingerprint density at radius 2 is 1.90 bits per heavy atom. The van der Waals surface area contributed by atoms with Crippen molar-refractivity contribution in [2.45, 2.75) is 43.5 Å². The summed E-state index contributed by atoms with van der Waals surface area (Å²) < 4.78 is 38.3. The Balaban J connectivity index is 0.00000161. The molecule has 0 aromatic heterocycles. The van der Waals surface area contributed by atoms with Crippen molar-refractivity contribution in [3.05, 3.63) is 0 Å². The number of alkyl halides is 3. The normalized spacial score (nSPS) is 42.2. The zero-order chi connectivity index (χ0) is 14.7. The van der Waals surface area contributed by atoms with Crippen LogP contribution in [-0.2, 0) is 4.79 Å². The highest BCUT2D eigenvalue weighted by Gasteiger charge is 2.59. The summed E-state index contributed by atoms with van der Waals surface area (Å²) in [5.74, 6) is -0.116. The molecule has 3 N–H and O–H groups in total. The molecule has 1 aliphatic heterocycles. The molecule has 0 spiro atoms. The van der Waals surface area contributed by atoms with Crippen LogP contribution in [0.3, 0.4) is 0 Å². The van der Waals surface area contributed by atoms with Gasteiger partial charge in [-0.1, -0.05) is 0 Å². The third-order valence-corrected chi connectivity index (χ3v) is 5.35. The van der Waals surface area contributed by atoms with E-state index in [0.717, 1.165) is 24.2 Å². The predicted molar refractivity (Wildman–Crippen MR) is 71.7 cm³/mol. The van der Waals surface area contributed by atoms with E-state index >= 15 is 0 Å². The van der Waals surface area contributed by atoms with Gasteiger partial charge in [0.2, 0.25) is 5.91 Å². The molecule has 0 aromatic rings. The number of β-amino-alcohol motifs (C(OH)–C–C–N with tert-alkyl or cyclic N) is 1. The average Bonchev–Trinajstić information content (AvgIpc) is 3.01. The van der Waals surface area contributed by atoms with Crippen LogP contribution in [-0.4, -0.2) is 46.8 Å². The van der Waals surface area contributed by atoms with Crippen molar-refractivity contribution in [2.75, 3.05) is 13.1 Å². The lowest BCUT2D eigenvalue weighted by atomic mass is 9.84. The van der Waals surface area contributed by atoms with Gasteiger partial charge in [-0.2, -0.15) is 13.2 Å². The number of nitrogens with two attached hydrogens (primary N) is 1. The number of rotatable bonds is 1. The van der Waals surface area contributed by atoms with E-state index in [9.17, 15) is 23.1 Å². The second-order valence-electron chi connectivity index (χ2n) is 6.48. The minimum absolute atomic E-state index is 0. The van der Waals surface area contributed by atoms with Crippen LogP contribution in [0.2, 0.25) is 0 Å². The van der Waals surface area contributed by atoms with Crippen molar-refractivity contribution in [1.82, 2.24) is 4.90 Å². The molecule has 8 heteroatoms. The Morgan fingerprint density at radius 1 is 1.29 bits per heavy atom. The molecule has 4 nitrogen and oxygen atoms in total. The molecule has 3 fully saturated rings. The first-order valence-electron chi connectivity index (χ1n) is 7.06. The van der Waals surface area contributed by atoms with Gasteiger partial charge in [-0.25, -0.2) is 0 Å². The molecule has 2 bridgehead atoms. The van der Waals surface area contributed by atoms with Gasteiger partial charge in [-0.05, 0) is 31.1 Å². The highest BCUT2D eigenvalue weighted by Crippen LogP contribution is 2.49. The number of carbonyl (C=O) groups excluding carboxylic acids is 1. The van der Waals surface area contributed by atoms with Crippen molar-refractivity contribution in [3.63, 3.8) is 0 Å². The molecule has 122 valence electrons. The number of hydrogen-bond acceptors (Lipinski definition) is 3. The summed E-state index contributed by atoms with van der Waals surface area (Å²) in [6.07, 6.45) is -2.28. The van der Waals surface area contributed by atoms with Crippen molar-refractivity contribution >= 4 is 18.3 Å². The molecule has 3 rings (SSSR count). The van der Waals surface area contributed by atoms with Gasteiger partial charge in [-0.15, -0.1) is 12.4 Å². The van der Waals surface area contributed by atoms with E-state index in [2.05, 4.69) is 0 Å². The van der Waals surface area contributed by atoms with Gasteiger partial charge in [0.25, 0.3) is 0 Å². The Morgan fingerprint density at radius 3 is 2.38 bits per heavy atom. The van der Waals surface area contributed by atoms with Crippen molar-refractivity contribution in [1.29, 1.82) is 0 Å². The highest BCUT2D eigenvalue weighted by atomic mass is 35.5. The maximum Gasteiger partial charge on any atom is 0.419 e. The molecule has 1 heterocycles. The third kappa shape index (κ3) is 2.53. The molecule has 3 aliphatic rings. The van der Waals surface area contributed by atoms with Crippen LogP contribution >= 0.6 is 12.4 Å². The van der Waals surface area contributed by atoms with Gasteiger partial charge in [0, 0.05) is 19.0 Å². The lowest BCUT2D eigenvalue weighted by Gasteiger charge is -2.31. The van der Waals surface area contributed by atoms with Crippen molar-refractivity contribution in [2.24, 2.45) is 23.5 Å². The smallest absolute Gasteiger partial charge is 0.379 e. The van der Waals surface area contributed by atoms with Crippen LogP contribution < -0.4 is 5.73 Å². The highest BCUT2D eigenvalue weighted by molar-refractivity contribution is 5.85. The summed E-state index contributed by atoms with van der Waals surface area (Å²) in [6.45, 7) is -0.703. The number of hydrogen-bond donors (Lipinski definition) is 2. The first-order chi connectivity index (χ1) is 9.23. The molecule has 0 radical (unpaired) electrons. The standard InChI is InChI=1S/C13H19F3N2O2.ClH/c14-13(15,16)12(20)3-4-18(6-12)11(19)9-7-1-2-8(5-7)10(9)17;/h7-10,20H,1-6,17H2;1H. The van der Waals surface area contributed by atoms with Gasteiger partial charge in [0.1, 0.15) is 0 Å².